The van der Waals surface area contributed by atoms with Crippen LogP contribution in [-0.2, 0) is 4.79 Å². The van der Waals surface area contributed by atoms with Gasteiger partial charge in [0.25, 0.3) is 5.91 Å². The Morgan fingerprint density at radius 1 is 1.30 bits per heavy atom. The van der Waals surface area contributed by atoms with E-state index in [0.717, 1.165) is 22.9 Å². The summed E-state index contributed by atoms with van der Waals surface area (Å²) in [4.78, 5) is 12.2. The average Bonchev–Trinajstić information content (AvgIpc) is 2.33. The number of piperidine rings is 1. The van der Waals surface area contributed by atoms with E-state index in [-0.39, 0.29) is 29.6 Å². The Kier molecular flexibility index (Phi) is 5.41. The molecule has 23 heavy (non-hydrogen) atoms. The van der Waals surface area contributed by atoms with Gasteiger partial charge >= 0.3 is 0 Å². The fraction of sp³-hybridized carbons (Fsp3) is 0.611. The van der Waals surface area contributed by atoms with Gasteiger partial charge in [0.1, 0.15) is 5.75 Å². The Labute approximate surface area is 147 Å². The molecule has 4 nitrogen and oxygen atoms in total. The highest BCUT2D eigenvalue weighted by Gasteiger charge is 2.38. The molecule has 0 aromatic heterocycles. The van der Waals surface area contributed by atoms with E-state index in [4.69, 9.17) is 4.74 Å². The number of halogens is 1. The van der Waals surface area contributed by atoms with E-state index in [1.54, 1.807) is 0 Å². The third-order valence-electron chi connectivity index (χ3n) is 4.00. The molecule has 0 radical (unpaired) electrons. The van der Waals surface area contributed by atoms with Crippen LogP contribution in [0.15, 0.2) is 22.7 Å². The lowest BCUT2D eigenvalue weighted by molar-refractivity contribution is -0.124. The largest absolute Gasteiger partial charge is 0.483 e. The minimum atomic E-state index is -0.0732. The van der Waals surface area contributed by atoms with Gasteiger partial charge < -0.3 is 15.4 Å². The van der Waals surface area contributed by atoms with Crippen LogP contribution in [0.2, 0.25) is 0 Å². The lowest BCUT2D eigenvalue weighted by atomic mass is 9.79. The van der Waals surface area contributed by atoms with Crippen molar-refractivity contribution in [3.8, 4) is 5.75 Å². The zero-order valence-electron chi connectivity index (χ0n) is 14.6. The van der Waals surface area contributed by atoms with Crippen molar-refractivity contribution >= 4 is 21.8 Å². The summed E-state index contributed by atoms with van der Waals surface area (Å²) in [6.07, 6.45) is 1.83. The summed E-state index contributed by atoms with van der Waals surface area (Å²) in [7, 11) is 0. The zero-order valence-corrected chi connectivity index (χ0v) is 16.2. The van der Waals surface area contributed by atoms with Crippen LogP contribution in [0.1, 0.15) is 46.1 Å². The molecule has 5 heteroatoms. The molecule has 2 rings (SSSR count). The minimum absolute atomic E-state index is 0.0144. The van der Waals surface area contributed by atoms with Crippen molar-refractivity contribution in [3.63, 3.8) is 0 Å². The molecule has 0 atom stereocenters. The van der Waals surface area contributed by atoms with Crippen molar-refractivity contribution < 1.29 is 9.53 Å². The Bertz CT molecular complexity index is 568. The molecule has 128 valence electrons. The molecule has 0 saturated carbocycles. The van der Waals surface area contributed by atoms with Crippen molar-refractivity contribution in [2.75, 3.05) is 6.61 Å². The van der Waals surface area contributed by atoms with E-state index in [1.807, 2.05) is 25.1 Å². The van der Waals surface area contributed by atoms with Gasteiger partial charge in [0, 0.05) is 17.1 Å². The van der Waals surface area contributed by atoms with E-state index in [2.05, 4.69) is 54.3 Å². The molecule has 0 aliphatic carbocycles. The summed E-state index contributed by atoms with van der Waals surface area (Å²) in [6.45, 7) is 10.7. The summed E-state index contributed by atoms with van der Waals surface area (Å²) in [5, 5.41) is 6.73. The van der Waals surface area contributed by atoms with E-state index < -0.39 is 0 Å². The van der Waals surface area contributed by atoms with Crippen molar-refractivity contribution in [2.24, 2.45) is 0 Å². The summed E-state index contributed by atoms with van der Waals surface area (Å²) in [5.74, 6) is 0.618. The van der Waals surface area contributed by atoms with E-state index in [0.29, 0.717) is 5.75 Å². The second-order valence-corrected chi connectivity index (χ2v) is 8.64. The number of carbonyl (C=O) groups is 1. The third kappa shape index (κ3) is 5.50. The van der Waals surface area contributed by atoms with Crippen molar-refractivity contribution in [3.05, 3.63) is 28.2 Å². The van der Waals surface area contributed by atoms with Gasteiger partial charge in [0.2, 0.25) is 0 Å². The number of amides is 1. The molecule has 0 bridgehead atoms. The first-order valence-electron chi connectivity index (χ1n) is 8.04. The van der Waals surface area contributed by atoms with E-state index >= 15 is 0 Å². The molecule has 1 aromatic carbocycles. The molecule has 1 fully saturated rings. The maximum Gasteiger partial charge on any atom is 0.258 e. The fourth-order valence-corrected chi connectivity index (χ4v) is 4.17. The molecule has 1 saturated heterocycles. The van der Waals surface area contributed by atoms with Gasteiger partial charge in [0.15, 0.2) is 6.61 Å². The summed E-state index contributed by atoms with van der Waals surface area (Å²) >= 11 is 3.46. The number of carbonyl (C=O) groups excluding carboxylic acids is 1. The van der Waals surface area contributed by atoms with Crippen LogP contribution in [0.4, 0.5) is 0 Å². The van der Waals surface area contributed by atoms with Gasteiger partial charge in [-0.25, -0.2) is 0 Å². The van der Waals surface area contributed by atoms with Crippen LogP contribution in [0.3, 0.4) is 0 Å². The van der Waals surface area contributed by atoms with Crippen LogP contribution in [0.5, 0.6) is 5.75 Å². The van der Waals surface area contributed by atoms with Crippen LogP contribution in [0, 0.1) is 6.92 Å². The van der Waals surface area contributed by atoms with Crippen LogP contribution < -0.4 is 15.4 Å². The summed E-state index contributed by atoms with van der Waals surface area (Å²) in [5.41, 5.74) is 1.17. The topological polar surface area (TPSA) is 50.4 Å². The Hall–Kier alpha value is -1.07. The second-order valence-electron chi connectivity index (χ2n) is 7.79. The molecule has 0 unspecified atom stereocenters. The first-order chi connectivity index (χ1) is 10.6. The third-order valence-corrected chi connectivity index (χ3v) is 4.62. The van der Waals surface area contributed by atoms with E-state index in [1.165, 1.54) is 0 Å². The fourth-order valence-electron chi connectivity index (χ4n) is 3.56. The average molecular weight is 383 g/mol. The number of hydrogen-bond acceptors (Lipinski definition) is 3. The summed E-state index contributed by atoms with van der Waals surface area (Å²) in [6, 6.07) is 5.99. The molecule has 1 aliphatic heterocycles. The quantitative estimate of drug-likeness (QED) is 0.836. The first kappa shape index (κ1) is 18.3. The monoisotopic (exact) mass is 382 g/mol. The second kappa shape index (κ2) is 6.81. The normalized spacial score (nSPS) is 20.1. The van der Waals surface area contributed by atoms with Gasteiger partial charge in [-0.2, -0.15) is 0 Å². The first-order valence-corrected chi connectivity index (χ1v) is 8.83. The van der Waals surface area contributed by atoms with Gasteiger partial charge in [-0.1, -0.05) is 6.07 Å². The van der Waals surface area contributed by atoms with Gasteiger partial charge in [-0.15, -0.1) is 0 Å². The van der Waals surface area contributed by atoms with Crippen LogP contribution >= 0.6 is 15.9 Å². The molecule has 1 aliphatic rings. The van der Waals surface area contributed by atoms with Crippen molar-refractivity contribution in [2.45, 2.75) is 64.6 Å². The van der Waals surface area contributed by atoms with Crippen molar-refractivity contribution in [1.82, 2.24) is 10.6 Å². The number of hydrogen-bond donors (Lipinski definition) is 2. The van der Waals surface area contributed by atoms with Gasteiger partial charge in [0.05, 0.1) is 4.47 Å². The highest BCUT2D eigenvalue weighted by atomic mass is 79.9. The van der Waals surface area contributed by atoms with Crippen LogP contribution in [0.25, 0.3) is 0 Å². The SMILES string of the molecule is Cc1ccc(OCC(=O)NC2CC(C)(C)NC(C)(C)C2)c(Br)c1. The Morgan fingerprint density at radius 2 is 1.91 bits per heavy atom. The number of nitrogens with one attached hydrogen (secondary N) is 2. The number of rotatable bonds is 4. The number of ether oxygens (including phenoxy) is 1. The molecular formula is C18H27BrN2O2. The smallest absolute Gasteiger partial charge is 0.258 e. The lowest BCUT2D eigenvalue weighted by Crippen LogP contribution is -2.62. The maximum atomic E-state index is 12.2. The highest BCUT2D eigenvalue weighted by Crippen LogP contribution is 2.29. The highest BCUT2D eigenvalue weighted by molar-refractivity contribution is 9.10. The molecule has 2 N–H and O–H groups in total. The Morgan fingerprint density at radius 3 is 2.48 bits per heavy atom. The zero-order chi connectivity index (χ0) is 17.3. The molecule has 1 heterocycles. The predicted molar refractivity (Wildman–Crippen MR) is 96.8 cm³/mol. The lowest BCUT2D eigenvalue weighted by Gasteiger charge is -2.46. The van der Waals surface area contributed by atoms with Crippen molar-refractivity contribution in [1.29, 1.82) is 0 Å². The maximum absolute atomic E-state index is 12.2. The Balaban J connectivity index is 1.89. The molecule has 1 aromatic rings. The molecular weight excluding hydrogens is 356 g/mol. The van der Waals surface area contributed by atoms with Gasteiger partial charge in [-0.3, -0.25) is 4.79 Å². The predicted octanol–water partition coefficient (Wildman–Crippen LogP) is 3.56. The van der Waals surface area contributed by atoms with Gasteiger partial charge in [-0.05, 0) is 81.1 Å². The van der Waals surface area contributed by atoms with E-state index in [9.17, 15) is 4.79 Å². The van der Waals surface area contributed by atoms with Crippen LogP contribution in [-0.4, -0.2) is 29.6 Å². The summed E-state index contributed by atoms with van der Waals surface area (Å²) < 4.78 is 6.49. The standard InChI is InChI=1S/C18H27BrN2O2/c1-12-6-7-15(14(19)8-12)23-11-16(22)20-13-9-17(2,3)21-18(4,5)10-13/h6-8,13,21H,9-11H2,1-5H3,(H,20,22). The number of benzene rings is 1. The number of aryl methyl sites for hydroxylation is 1. The minimum Gasteiger partial charge on any atom is -0.483 e. The molecule has 1 amide bonds. The molecule has 0 spiro atoms.